The Morgan fingerprint density at radius 1 is 1.47 bits per heavy atom. The summed E-state index contributed by atoms with van der Waals surface area (Å²) in [7, 11) is 1.58. The molecular formula is C13H18N4O2. The van der Waals surface area contributed by atoms with E-state index in [-0.39, 0.29) is 5.91 Å². The number of nitrogens with one attached hydrogen (secondary N) is 1. The maximum Gasteiger partial charge on any atom is 0.222 e. The molecule has 0 atom stereocenters. The van der Waals surface area contributed by atoms with Crippen LogP contribution in [0.25, 0.3) is 5.65 Å². The van der Waals surface area contributed by atoms with Crippen molar-refractivity contribution in [2.45, 2.75) is 26.8 Å². The minimum absolute atomic E-state index is 0.0365. The van der Waals surface area contributed by atoms with Crippen molar-refractivity contribution in [1.29, 1.82) is 0 Å². The van der Waals surface area contributed by atoms with Gasteiger partial charge in [-0.05, 0) is 19.9 Å². The van der Waals surface area contributed by atoms with Crippen LogP contribution in [0.15, 0.2) is 12.3 Å². The van der Waals surface area contributed by atoms with Crippen LogP contribution >= 0.6 is 0 Å². The lowest BCUT2D eigenvalue weighted by atomic mass is 10.3. The van der Waals surface area contributed by atoms with Crippen LogP contribution in [-0.4, -0.2) is 34.2 Å². The van der Waals surface area contributed by atoms with E-state index < -0.39 is 0 Å². The maximum absolute atomic E-state index is 11.5. The Morgan fingerprint density at radius 3 is 3.00 bits per heavy atom. The van der Waals surface area contributed by atoms with Crippen LogP contribution in [-0.2, 0) is 16.1 Å². The van der Waals surface area contributed by atoms with Crippen LogP contribution in [0.4, 0.5) is 0 Å². The molecule has 2 aromatic rings. The molecule has 0 saturated heterocycles. The first-order valence-corrected chi connectivity index (χ1v) is 6.18. The molecule has 0 bridgehead atoms. The number of methoxy groups -OCH3 is 1. The van der Waals surface area contributed by atoms with E-state index in [1.54, 1.807) is 17.8 Å². The zero-order valence-electron chi connectivity index (χ0n) is 11.4. The summed E-state index contributed by atoms with van der Waals surface area (Å²) in [4.78, 5) is 16.0. The molecule has 0 spiro atoms. The number of ether oxygens (including phenoxy) is 1. The molecule has 2 aromatic heterocycles. The lowest BCUT2D eigenvalue weighted by Gasteiger charge is -2.04. The van der Waals surface area contributed by atoms with Crippen molar-refractivity contribution < 1.29 is 9.53 Å². The standard InChI is InChI=1S/C13H18N4O2/c1-9-6-10(2)17-13(16-9)11(8-15-17)7-14-12(18)4-5-19-3/h6,8H,4-5,7H2,1-3H3,(H,14,18). The van der Waals surface area contributed by atoms with Crippen molar-refractivity contribution in [3.63, 3.8) is 0 Å². The largest absolute Gasteiger partial charge is 0.384 e. The first kappa shape index (κ1) is 13.5. The maximum atomic E-state index is 11.5. The molecule has 1 amide bonds. The topological polar surface area (TPSA) is 68.5 Å². The van der Waals surface area contributed by atoms with Gasteiger partial charge in [-0.3, -0.25) is 4.79 Å². The number of rotatable bonds is 5. The van der Waals surface area contributed by atoms with E-state index in [4.69, 9.17) is 4.74 Å². The second-order valence-electron chi connectivity index (χ2n) is 4.46. The molecule has 0 unspecified atom stereocenters. The van der Waals surface area contributed by atoms with Gasteiger partial charge in [-0.15, -0.1) is 0 Å². The van der Waals surface area contributed by atoms with Gasteiger partial charge < -0.3 is 10.1 Å². The van der Waals surface area contributed by atoms with E-state index in [1.165, 1.54) is 0 Å². The highest BCUT2D eigenvalue weighted by Crippen LogP contribution is 2.11. The van der Waals surface area contributed by atoms with Gasteiger partial charge in [-0.2, -0.15) is 5.10 Å². The number of carbonyl (C=O) groups excluding carboxylic acids is 1. The minimum atomic E-state index is -0.0365. The first-order chi connectivity index (χ1) is 9.11. The van der Waals surface area contributed by atoms with E-state index in [0.717, 1.165) is 22.6 Å². The highest BCUT2D eigenvalue weighted by molar-refractivity contribution is 5.76. The van der Waals surface area contributed by atoms with Crippen LogP contribution < -0.4 is 5.32 Å². The van der Waals surface area contributed by atoms with Gasteiger partial charge in [0.05, 0.1) is 12.8 Å². The summed E-state index contributed by atoms with van der Waals surface area (Å²) in [6.07, 6.45) is 2.10. The SMILES string of the molecule is COCCC(=O)NCc1cnn2c(C)cc(C)nc12. The van der Waals surface area contributed by atoms with Gasteiger partial charge in [0, 0.05) is 37.0 Å². The molecule has 2 heterocycles. The van der Waals surface area contributed by atoms with Crippen molar-refractivity contribution in [1.82, 2.24) is 19.9 Å². The number of aromatic nitrogens is 3. The van der Waals surface area contributed by atoms with Gasteiger partial charge in [0.15, 0.2) is 5.65 Å². The van der Waals surface area contributed by atoms with E-state index >= 15 is 0 Å². The molecule has 6 heteroatoms. The summed E-state index contributed by atoms with van der Waals surface area (Å²) in [6, 6.07) is 1.97. The Hall–Kier alpha value is -1.95. The number of hydrogen-bond donors (Lipinski definition) is 1. The van der Waals surface area contributed by atoms with Crippen LogP contribution in [0.5, 0.6) is 0 Å². The molecule has 0 aliphatic carbocycles. The third-order valence-electron chi connectivity index (χ3n) is 2.86. The van der Waals surface area contributed by atoms with Crippen molar-refractivity contribution in [2.24, 2.45) is 0 Å². The van der Waals surface area contributed by atoms with Crippen molar-refractivity contribution in [2.75, 3.05) is 13.7 Å². The summed E-state index contributed by atoms with van der Waals surface area (Å²) in [6.45, 7) is 4.79. The quantitative estimate of drug-likeness (QED) is 0.872. The van der Waals surface area contributed by atoms with Crippen molar-refractivity contribution in [3.05, 3.63) is 29.2 Å². The predicted octanol–water partition coefficient (Wildman–Crippen LogP) is 0.999. The fourth-order valence-electron chi connectivity index (χ4n) is 1.92. The Labute approximate surface area is 111 Å². The average Bonchev–Trinajstić information content (AvgIpc) is 2.77. The molecule has 19 heavy (non-hydrogen) atoms. The zero-order chi connectivity index (χ0) is 13.8. The summed E-state index contributed by atoms with van der Waals surface area (Å²) in [5, 5.41) is 7.12. The number of fused-ring (bicyclic) bond motifs is 1. The lowest BCUT2D eigenvalue weighted by Crippen LogP contribution is -2.23. The molecule has 102 valence electrons. The molecular weight excluding hydrogens is 244 g/mol. The van der Waals surface area contributed by atoms with Crippen LogP contribution in [0.1, 0.15) is 23.4 Å². The fraction of sp³-hybridized carbons (Fsp3) is 0.462. The summed E-state index contributed by atoms with van der Waals surface area (Å²) in [5.74, 6) is -0.0365. The van der Waals surface area contributed by atoms with E-state index in [0.29, 0.717) is 19.6 Å². The van der Waals surface area contributed by atoms with E-state index in [2.05, 4.69) is 15.4 Å². The number of hydrogen-bond acceptors (Lipinski definition) is 4. The van der Waals surface area contributed by atoms with Gasteiger partial charge in [-0.1, -0.05) is 0 Å². The van der Waals surface area contributed by atoms with Gasteiger partial charge in [-0.25, -0.2) is 9.50 Å². The molecule has 1 N–H and O–H groups in total. The summed E-state index contributed by atoms with van der Waals surface area (Å²) in [5.41, 5.74) is 3.68. The highest BCUT2D eigenvalue weighted by atomic mass is 16.5. The monoisotopic (exact) mass is 262 g/mol. The Bertz CT molecular complexity index is 592. The van der Waals surface area contributed by atoms with Gasteiger partial charge in [0.2, 0.25) is 5.91 Å². The average molecular weight is 262 g/mol. The van der Waals surface area contributed by atoms with Crippen LogP contribution in [0.2, 0.25) is 0 Å². The van der Waals surface area contributed by atoms with Gasteiger partial charge >= 0.3 is 0 Å². The molecule has 0 aliphatic heterocycles. The smallest absolute Gasteiger partial charge is 0.222 e. The zero-order valence-corrected chi connectivity index (χ0v) is 11.4. The Morgan fingerprint density at radius 2 is 2.26 bits per heavy atom. The molecule has 0 radical (unpaired) electrons. The van der Waals surface area contributed by atoms with Gasteiger partial charge in [0.25, 0.3) is 0 Å². The van der Waals surface area contributed by atoms with Crippen LogP contribution in [0, 0.1) is 13.8 Å². The molecule has 0 aliphatic rings. The molecule has 2 rings (SSSR count). The number of amides is 1. The summed E-state index contributed by atoms with van der Waals surface area (Å²) < 4.78 is 6.64. The molecule has 0 fully saturated rings. The second-order valence-corrected chi connectivity index (χ2v) is 4.46. The highest BCUT2D eigenvalue weighted by Gasteiger charge is 2.09. The molecule has 0 aromatic carbocycles. The summed E-state index contributed by atoms with van der Waals surface area (Å²) >= 11 is 0. The lowest BCUT2D eigenvalue weighted by molar-refractivity contribution is -0.122. The number of aryl methyl sites for hydroxylation is 2. The van der Waals surface area contributed by atoms with E-state index in [1.807, 2.05) is 19.9 Å². The van der Waals surface area contributed by atoms with E-state index in [9.17, 15) is 4.79 Å². The number of nitrogens with zero attached hydrogens (tertiary/aromatic N) is 3. The Balaban J connectivity index is 2.11. The third-order valence-corrected chi connectivity index (χ3v) is 2.86. The van der Waals surface area contributed by atoms with Crippen molar-refractivity contribution in [3.8, 4) is 0 Å². The fourth-order valence-corrected chi connectivity index (χ4v) is 1.92. The van der Waals surface area contributed by atoms with Crippen molar-refractivity contribution >= 4 is 11.6 Å². The van der Waals surface area contributed by atoms with Gasteiger partial charge in [0.1, 0.15) is 0 Å². The minimum Gasteiger partial charge on any atom is -0.384 e. The first-order valence-electron chi connectivity index (χ1n) is 6.18. The molecule has 6 nitrogen and oxygen atoms in total. The molecule has 0 saturated carbocycles. The van der Waals surface area contributed by atoms with Crippen LogP contribution in [0.3, 0.4) is 0 Å². The second kappa shape index (κ2) is 5.79. The predicted molar refractivity (Wildman–Crippen MR) is 70.8 cm³/mol. The normalized spacial score (nSPS) is 10.9. The Kier molecular flexibility index (Phi) is 4.11. The third kappa shape index (κ3) is 3.08. The number of carbonyl (C=O) groups is 1.